The van der Waals surface area contributed by atoms with Crippen molar-refractivity contribution in [3.05, 3.63) is 23.9 Å². The molecule has 0 saturated carbocycles. The first-order chi connectivity index (χ1) is 8.99. The van der Waals surface area contributed by atoms with Gasteiger partial charge in [-0.1, -0.05) is 6.07 Å². The van der Waals surface area contributed by atoms with Crippen LogP contribution in [0.5, 0.6) is 0 Å². The minimum Gasteiger partial charge on any atom is -0.369 e. The zero-order valence-corrected chi connectivity index (χ0v) is 11.5. The van der Waals surface area contributed by atoms with E-state index >= 15 is 0 Å². The Balaban J connectivity index is 2.73. The van der Waals surface area contributed by atoms with Gasteiger partial charge in [0.15, 0.2) is 5.82 Å². The second kappa shape index (κ2) is 7.10. The topological polar surface area (TPSA) is 73.2 Å². The van der Waals surface area contributed by atoms with E-state index in [0.717, 1.165) is 0 Å². The highest BCUT2D eigenvalue weighted by molar-refractivity contribution is 5.92. The molecule has 0 fully saturated rings. The van der Waals surface area contributed by atoms with Gasteiger partial charge in [-0.2, -0.15) is 5.10 Å². The predicted molar refractivity (Wildman–Crippen MR) is 75.7 cm³/mol. The van der Waals surface area contributed by atoms with E-state index in [2.05, 4.69) is 20.5 Å². The molecule has 102 valence electrons. The van der Waals surface area contributed by atoms with Crippen LogP contribution in [-0.2, 0) is 0 Å². The highest BCUT2D eigenvalue weighted by atomic mass is 16.2. The molecule has 0 unspecified atom stereocenters. The standard InChI is InChI=1S/C12H18N6O/c1-17(2)8-13-11-7-5-6-10(15-11)12(19)16-14-9-18(3)4/h5-9H,1-4H3,(H,16,19)/b13-8?,14-9-. The molecule has 1 heterocycles. The fourth-order valence-electron chi connectivity index (χ4n) is 1.06. The summed E-state index contributed by atoms with van der Waals surface area (Å²) in [4.78, 5) is 23.5. The van der Waals surface area contributed by atoms with Crippen LogP contribution >= 0.6 is 0 Å². The van der Waals surface area contributed by atoms with Gasteiger partial charge in [-0.15, -0.1) is 0 Å². The van der Waals surface area contributed by atoms with Crippen molar-refractivity contribution in [3.8, 4) is 0 Å². The molecular weight excluding hydrogens is 244 g/mol. The fraction of sp³-hybridized carbons (Fsp3) is 0.333. The fourth-order valence-corrected chi connectivity index (χ4v) is 1.06. The molecule has 19 heavy (non-hydrogen) atoms. The summed E-state index contributed by atoms with van der Waals surface area (Å²) in [5, 5.41) is 3.77. The van der Waals surface area contributed by atoms with Crippen molar-refractivity contribution in [2.45, 2.75) is 0 Å². The predicted octanol–water partition coefficient (Wildman–Crippen LogP) is 0.538. The number of hydrogen-bond acceptors (Lipinski definition) is 4. The molecule has 0 aliphatic heterocycles. The Morgan fingerprint density at radius 3 is 2.53 bits per heavy atom. The summed E-state index contributed by atoms with van der Waals surface area (Å²) in [6, 6.07) is 5.05. The number of hydrogen-bond donors (Lipinski definition) is 1. The molecule has 0 aliphatic carbocycles. The summed E-state index contributed by atoms with van der Waals surface area (Å²) in [6.07, 6.45) is 3.11. The Bertz CT molecular complexity index is 481. The van der Waals surface area contributed by atoms with E-state index in [4.69, 9.17) is 0 Å². The lowest BCUT2D eigenvalue weighted by Gasteiger charge is -2.04. The van der Waals surface area contributed by atoms with Crippen LogP contribution in [0.25, 0.3) is 0 Å². The van der Waals surface area contributed by atoms with Gasteiger partial charge in [-0.05, 0) is 12.1 Å². The van der Waals surface area contributed by atoms with Gasteiger partial charge < -0.3 is 9.80 Å². The van der Waals surface area contributed by atoms with Crippen molar-refractivity contribution < 1.29 is 4.79 Å². The van der Waals surface area contributed by atoms with Crippen LogP contribution in [-0.4, -0.2) is 61.6 Å². The van der Waals surface area contributed by atoms with Gasteiger partial charge in [-0.3, -0.25) is 4.79 Å². The van der Waals surface area contributed by atoms with Crippen molar-refractivity contribution in [1.82, 2.24) is 20.2 Å². The Kier molecular flexibility index (Phi) is 5.46. The molecule has 0 atom stereocenters. The summed E-state index contributed by atoms with van der Waals surface area (Å²) >= 11 is 0. The Morgan fingerprint density at radius 2 is 1.89 bits per heavy atom. The number of aliphatic imine (C=N–C) groups is 1. The number of carbonyl (C=O) groups excluding carboxylic acids is 1. The quantitative estimate of drug-likeness (QED) is 0.477. The monoisotopic (exact) mass is 262 g/mol. The van der Waals surface area contributed by atoms with Gasteiger partial charge in [0, 0.05) is 28.2 Å². The second-order valence-electron chi connectivity index (χ2n) is 4.24. The van der Waals surface area contributed by atoms with E-state index in [9.17, 15) is 4.79 Å². The average Bonchev–Trinajstić information content (AvgIpc) is 2.36. The van der Waals surface area contributed by atoms with Crippen molar-refractivity contribution >= 4 is 24.4 Å². The van der Waals surface area contributed by atoms with Crippen LogP contribution in [0, 0.1) is 0 Å². The molecule has 1 aromatic rings. The van der Waals surface area contributed by atoms with Crippen LogP contribution in [0.1, 0.15) is 10.5 Å². The zero-order chi connectivity index (χ0) is 14.3. The third-order valence-corrected chi connectivity index (χ3v) is 1.84. The number of hydrazone groups is 1. The third kappa shape index (κ3) is 5.62. The summed E-state index contributed by atoms with van der Waals surface area (Å²) in [7, 11) is 7.33. The first-order valence-corrected chi connectivity index (χ1v) is 5.66. The average molecular weight is 262 g/mol. The van der Waals surface area contributed by atoms with E-state index < -0.39 is 0 Å². The number of amides is 1. The molecule has 1 amide bonds. The van der Waals surface area contributed by atoms with Gasteiger partial charge >= 0.3 is 0 Å². The minimum absolute atomic E-state index is 0.268. The number of nitrogens with one attached hydrogen (secondary N) is 1. The number of rotatable bonds is 5. The molecule has 1 rings (SSSR count). The molecular formula is C12H18N6O. The van der Waals surface area contributed by atoms with Crippen LogP contribution in [0.3, 0.4) is 0 Å². The molecule has 7 heteroatoms. The maximum absolute atomic E-state index is 11.7. The summed E-state index contributed by atoms with van der Waals surface area (Å²) in [5.41, 5.74) is 2.65. The maximum atomic E-state index is 11.7. The van der Waals surface area contributed by atoms with Crippen molar-refractivity contribution in [3.63, 3.8) is 0 Å². The Morgan fingerprint density at radius 1 is 1.21 bits per heavy atom. The van der Waals surface area contributed by atoms with E-state index in [0.29, 0.717) is 5.82 Å². The van der Waals surface area contributed by atoms with Gasteiger partial charge in [-0.25, -0.2) is 15.4 Å². The molecule has 1 N–H and O–H groups in total. The molecule has 0 bridgehead atoms. The van der Waals surface area contributed by atoms with Crippen molar-refractivity contribution in [1.29, 1.82) is 0 Å². The van der Waals surface area contributed by atoms with E-state index in [1.165, 1.54) is 6.34 Å². The SMILES string of the molecule is CN(C)C=Nc1cccc(C(=O)N/N=C\N(C)C)n1. The smallest absolute Gasteiger partial charge is 0.290 e. The first kappa shape index (κ1) is 14.6. The molecule has 0 radical (unpaired) electrons. The van der Waals surface area contributed by atoms with Gasteiger partial charge in [0.1, 0.15) is 12.0 Å². The Hall–Kier alpha value is -2.44. The molecule has 0 saturated heterocycles. The van der Waals surface area contributed by atoms with Gasteiger partial charge in [0.2, 0.25) is 0 Å². The second-order valence-corrected chi connectivity index (χ2v) is 4.24. The normalized spacial score (nSPS) is 10.9. The summed E-state index contributed by atoms with van der Waals surface area (Å²) < 4.78 is 0. The largest absolute Gasteiger partial charge is 0.369 e. The zero-order valence-electron chi connectivity index (χ0n) is 11.5. The highest BCUT2D eigenvalue weighted by Crippen LogP contribution is 2.07. The summed E-state index contributed by atoms with van der Waals surface area (Å²) in [5.74, 6) is 0.0953. The van der Waals surface area contributed by atoms with E-state index in [1.807, 2.05) is 28.2 Å². The molecule has 7 nitrogen and oxygen atoms in total. The third-order valence-electron chi connectivity index (χ3n) is 1.84. The molecule has 1 aromatic heterocycles. The van der Waals surface area contributed by atoms with E-state index in [-0.39, 0.29) is 11.6 Å². The number of nitrogens with zero attached hydrogens (tertiary/aromatic N) is 5. The Labute approximate surface area is 112 Å². The molecule has 0 aliphatic rings. The van der Waals surface area contributed by atoms with Crippen LogP contribution in [0.15, 0.2) is 28.3 Å². The van der Waals surface area contributed by atoms with Crippen molar-refractivity contribution in [2.75, 3.05) is 28.2 Å². The molecule has 0 spiro atoms. The van der Waals surface area contributed by atoms with Crippen molar-refractivity contribution in [2.24, 2.45) is 10.1 Å². The molecule has 0 aromatic carbocycles. The highest BCUT2D eigenvalue weighted by Gasteiger charge is 2.06. The van der Waals surface area contributed by atoms with Crippen LogP contribution in [0.4, 0.5) is 5.82 Å². The number of pyridine rings is 1. The first-order valence-electron chi connectivity index (χ1n) is 5.66. The lowest BCUT2D eigenvalue weighted by molar-refractivity contribution is 0.0950. The lowest BCUT2D eigenvalue weighted by Crippen LogP contribution is -2.21. The summed E-state index contributed by atoms with van der Waals surface area (Å²) in [6.45, 7) is 0. The number of aromatic nitrogens is 1. The van der Waals surface area contributed by atoms with Crippen LogP contribution < -0.4 is 5.43 Å². The maximum Gasteiger partial charge on any atom is 0.290 e. The van der Waals surface area contributed by atoms with Crippen LogP contribution in [0.2, 0.25) is 0 Å². The van der Waals surface area contributed by atoms with Gasteiger partial charge in [0.25, 0.3) is 5.91 Å². The lowest BCUT2D eigenvalue weighted by atomic mass is 10.3. The minimum atomic E-state index is -0.375. The number of carbonyl (C=O) groups is 1. The van der Waals surface area contributed by atoms with Gasteiger partial charge in [0.05, 0.1) is 6.34 Å². The van der Waals surface area contributed by atoms with E-state index in [1.54, 1.807) is 34.3 Å².